The van der Waals surface area contributed by atoms with Crippen LogP contribution in [0.1, 0.15) is 24.8 Å². The predicted octanol–water partition coefficient (Wildman–Crippen LogP) is 4.88. The molecule has 5 heteroatoms. The molecular formula is C21H20ClN3O. The summed E-state index contributed by atoms with van der Waals surface area (Å²) in [6.07, 6.45) is 5.35. The maximum Gasteiger partial charge on any atom is 0.266 e. The van der Waals surface area contributed by atoms with Crippen molar-refractivity contribution in [3.05, 3.63) is 64.7 Å². The quantitative estimate of drug-likeness (QED) is 0.620. The standard InChI is InChI=1S/C21H20ClN3O/c22-18-5-4-6-19(14-18)24-21(26)17(15-23)13-16-7-9-20(10-8-16)25-11-2-1-3-12-25/h4-10,13-14H,1-3,11-12H2,(H,24,26)/b17-13-. The van der Waals surface area contributed by atoms with Gasteiger partial charge in [0.05, 0.1) is 0 Å². The van der Waals surface area contributed by atoms with Gasteiger partial charge in [-0.15, -0.1) is 0 Å². The van der Waals surface area contributed by atoms with Crippen LogP contribution in [-0.2, 0) is 4.79 Å². The van der Waals surface area contributed by atoms with Gasteiger partial charge in [0.1, 0.15) is 11.6 Å². The van der Waals surface area contributed by atoms with Gasteiger partial charge in [0.15, 0.2) is 0 Å². The van der Waals surface area contributed by atoms with Crippen molar-refractivity contribution < 1.29 is 4.79 Å². The summed E-state index contributed by atoms with van der Waals surface area (Å²) in [5.74, 6) is -0.449. The van der Waals surface area contributed by atoms with Gasteiger partial charge in [-0.3, -0.25) is 4.79 Å². The highest BCUT2D eigenvalue weighted by Gasteiger charge is 2.12. The van der Waals surface area contributed by atoms with Gasteiger partial charge in [0.2, 0.25) is 0 Å². The summed E-state index contributed by atoms with van der Waals surface area (Å²) in [6, 6.07) is 16.8. The molecule has 0 atom stereocenters. The Balaban J connectivity index is 1.71. The highest BCUT2D eigenvalue weighted by atomic mass is 35.5. The number of benzene rings is 2. The van der Waals surface area contributed by atoms with Crippen LogP contribution < -0.4 is 10.2 Å². The minimum atomic E-state index is -0.449. The number of hydrogen-bond donors (Lipinski definition) is 1. The van der Waals surface area contributed by atoms with Crippen LogP contribution in [0.4, 0.5) is 11.4 Å². The third-order valence-electron chi connectivity index (χ3n) is 4.37. The zero-order valence-corrected chi connectivity index (χ0v) is 15.2. The number of amides is 1. The number of nitrogens with zero attached hydrogens (tertiary/aromatic N) is 2. The highest BCUT2D eigenvalue weighted by molar-refractivity contribution is 6.31. The molecule has 1 saturated heterocycles. The summed E-state index contributed by atoms with van der Waals surface area (Å²) in [7, 11) is 0. The number of anilines is 2. The summed E-state index contributed by atoms with van der Waals surface area (Å²) >= 11 is 5.92. The Hall–Kier alpha value is -2.77. The van der Waals surface area contributed by atoms with Gasteiger partial charge in [-0.2, -0.15) is 5.26 Å². The van der Waals surface area contributed by atoms with Gasteiger partial charge < -0.3 is 10.2 Å². The van der Waals surface area contributed by atoms with E-state index in [4.69, 9.17) is 11.6 Å². The van der Waals surface area contributed by atoms with Crippen molar-refractivity contribution in [1.29, 1.82) is 5.26 Å². The lowest BCUT2D eigenvalue weighted by molar-refractivity contribution is -0.112. The normalized spacial score (nSPS) is 14.6. The third kappa shape index (κ3) is 4.65. The molecule has 0 aliphatic carbocycles. The first-order chi connectivity index (χ1) is 12.7. The van der Waals surface area contributed by atoms with E-state index in [9.17, 15) is 10.1 Å². The molecule has 2 aromatic carbocycles. The largest absolute Gasteiger partial charge is 0.372 e. The van der Waals surface area contributed by atoms with Crippen LogP contribution in [0.2, 0.25) is 5.02 Å². The Morgan fingerprint density at radius 3 is 2.50 bits per heavy atom. The maximum absolute atomic E-state index is 12.3. The molecule has 132 valence electrons. The van der Waals surface area contributed by atoms with Gasteiger partial charge >= 0.3 is 0 Å². The Morgan fingerprint density at radius 2 is 1.85 bits per heavy atom. The minimum absolute atomic E-state index is 0.0516. The third-order valence-corrected chi connectivity index (χ3v) is 4.61. The van der Waals surface area contributed by atoms with Crippen LogP contribution in [0, 0.1) is 11.3 Å². The lowest BCUT2D eigenvalue weighted by atomic mass is 10.1. The average molecular weight is 366 g/mol. The van der Waals surface area contributed by atoms with Crippen molar-refractivity contribution in [3.63, 3.8) is 0 Å². The van der Waals surface area contributed by atoms with Gasteiger partial charge in [-0.05, 0) is 61.2 Å². The van der Waals surface area contributed by atoms with Gasteiger partial charge in [-0.25, -0.2) is 0 Å². The Labute approximate surface area is 158 Å². The van der Waals surface area contributed by atoms with E-state index in [1.165, 1.54) is 24.9 Å². The monoisotopic (exact) mass is 365 g/mol. The number of nitriles is 1. The second kappa shape index (κ2) is 8.55. The topological polar surface area (TPSA) is 56.1 Å². The molecule has 0 unspecified atom stereocenters. The molecule has 1 heterocycles. The molecule has 1 aliphatic rings. The molecule has 0 aromatic heterocycles. The van der Waals surface area contributed by atoms with E-state index in [0.717, 1.165) is 18.7 Å². The number of nitrogens with one attached hydrogen (secondary N) is 1. The van der Waals surface area contributed by atoms with Gasteiger partial charge in [0.25, 0.3) is 5.91 Å². The van der Waals surface area contributed by atoms with E-state index in [1.807, 2.05) is 30.3 Å². The number of halogens is 1. The highest BCUT2D eigenvalue weighted by Crippen LogP contribution is 2.21. The summed E-state index contributed by atoms with van der Waals surface area (Å²) in [5, 5.41) is 12.6. The number of carbonyl (C=O) groups excluding carboxylic acids is 1. The van der Waals surface area contributed by atoms with E-state index >= 15 is 0 Å². The Morgan fingerprint density at radius 1 is 1.12 bits per heavy atom. The molecule has 0 saturated carbocycles. The van der Waals surface area contributed by atoms with Crippen molar-refractivity contribution in [1.82, 2.24) is 0 Å². The Bertz CT molecular complexity index is 846. The van der Waals surface area contributed by atoms with Crippen LogP contribution in [-0.4, -0.2) is 19.0 Å². The number of piperidine rings is 1. The fourth-order valence-electron chi connectivity index (χ4n) is 3.01. The first kappa shape index (κ1) is 18.0. The number of carbonyl (C=O) groups is 1. The predicted molar refractivity (Wildman–Crippen MR) is 106 cm³/mol. The van der Waals surface area contributed by atoms with Crippen LogP contribution in [0.25, 0.3) is 6.08 Å². The molecule has 0 radical (unpaired) electrons. The molecule has 1 aliphatic heterocycles. The van der Waals surface area contributed by atoms with E-state index < -0.39 is 5.91 Å². The van der Waals surface area contributed by atoms with Crippen molar-refractivity contribution in [2.75, 3.05) is 23.3 Å². The van der Waals surface area contributed by atoms with E-state index in [0.29, 0.717) is 10.7 Å². The summed E-state index contributed by atoms with van der Waals surface area (Å²) < 4.78 is 0. The minimum Gasteiger partial charge on any atom is -0.372 e. The Kier molecular flexibility index (Phi) is 5.93. The van der Waals surface area contributed by atoms with Gasteiger partial charge in [-0.1, -0.05) is 29.8 Å². The van der Waals surface area contributed by atoms with Crippen molar-refractivity contribution in [2.24, 2.45) is 0 Å². The molecule has 1 fully saturated rings. The molecular weight excluding hydrogens is 346 g/mol. The molecule has 1 N–H and O–H groups in total. The lowest BCUT2D eigenvalue weighted by Gasteiger charge is -2.28. The second-order valence-corrected chi connectivity index (χ2v) is 6.71. The molecule has 26 heavy (non-hydrogen) atoms. The van der Waals surface area contributed by atoms with E-state index in [-0.39, 0.29) is 5.57 Å². The van der Waals surface area contributed by atoms with Crippen LogP contribution in [0.3, 0.4) is 0 Å². The SMILES string of the molecule is N#C/C(=C/c1ccc(N2CCCCC2)cc1)C(=O)Nc1cccc(Cl)c1. The van der Waals surface area contributed by atoms with E-state index in [1.54, 1.807) is 30.3 Å². The number of rotatable bonds is 4. The summed E-state index contributed by atoms with van der Waals surface area (Å²) in [4.78, 5) is 14.7. The molecule has 1 amide bonds. The van der Waals surface area contributed by atoms with Gasteiger partial charge in [0, 0.05) is 29.5 Å². The second-order valence-electron chi connectivity index (χ2n) is 6.27. The molecule has 4 nitrogen and oxygen atoms in total. The maximum atomic E-state index is 12.3. The fraction of sp³-hybridized carbons (Fsp3) is 0.238. The molecule has 0 bridgehead atoms. The van der Waals surface area contributed by atoms with Crippen molar-refractivity contribution in [2.45, 2.75) is 19.3 Å². The van der Waals surface area contributed by atoms with E-state index in [2.05, 4.69) is 10.2 Å². The van der Waals surface area contributed by atoms with Crippen molar-refractivity contribution >= 4 is 35.0 Å². The molecule has 2 aromatic rings. The van der Waals surface area contributed by atoms with Crippen LogP contribution in [0.5, 0.6) is 0 Å². The van der Waals surface area contributed by atoms with Crippen LogP contribution >= 0.6 is 11.6 Å². The first-order valence-electron chi connectivity index (χ1n) is 8.69. The summed E-state index contributed by atoms with van der Waals surface area (Å²) in [6.45, 7) is 2.17. The number of hydrogen-bond acceptors (Lipinski definition) is 3. The first-order valence-corrected chi connectivity index (χ1v) is 9.07. The fourth-order valence-corrected chi connectivity index (χ4v) is 3.20. The zero-order chi connectivity index (χ0) is 18.4. The van der Waals surface area contributed by atoms with Crippen LogP contribution in [0.15, 0.2) is 54.1 Å². The zero-order valence-electron chi connectivity index (χ0n) is 14.4. The lowest BCUT2D eigenvalue weighted by Crippen LogP contribution is -2.29. The molecule has 3 rings (SSSR count). The van der Waals surface area contributed by atoms with Crippen molar-refractivity contribution in [3.8, 4) is 6.07 Å². The summed E-state index contributed by atoms with van der Waals surface area (Å²) in [5.41, 5.74) is 2.62. The smallest absolute Gasteiger partial charge is 0.266 e. The average Bonchev–Trinajstić information content (AvgIpc) is 2.67. The molecule has 0 spiro atoms.